The molecule has 0 aliphatic carbocycles. The largest absolute Gasteiger partial charge is 0.481 e. The Kier molecular flexibility index (Phi) is 14.0. The molecule has 53 heavy (non-hydrogen) atoms. The Morgan fingerprint density at radius 3 is 2.30 bits per heavy atom. The number of amides is 2. The molecule has 0 aromatic carbocycles. The van der Waals surface area contributed by atoms with Gasteiger partial charge in [-0.1, -0.05) is 20.8 Å². The molecule has 2 bridgehead atoms. The Morgan fingerprint density at radius 1 is 1.08 bits per heavy atom. The Labute approximate surface area is 320 Å². The molecule has 4 aliphatic heterocycles. The molecule has 6 heterocycles. The van der Waals surface area contributed by atoms with Gasteiger partial charge in [-0.3, -0.25) is 28.9 Å². The maximum atomic E-state index is 14.3. The zero-order valence-electron chi connectivity index (χ0n) is 31.7. The number of thioether (sulfide) groups is 1. The van der Waals surface area contributed by atoms with E-state index in [-0.39, 0.29) is 67.0 Å². The van der Waals surface area contributed by atoms with Crippen LogP contribution in [0, 0.1) is 36.5 Å². The van der Waals surface area contributed by atoms with E-state index in [1.807, 2.05) is 20.8 Å². The molecule has 0 radical (unpaired) electrons. The smallest absolute Gasteiger partial charge is 0.306 e. The van der Waals surface area contributed by atoms with Gasteiger partial charge in [-0.15, -0.1) is 11.3 Å². The summed E-state index contributed by atoms with van der Waals surface area (Å²) >= 11 is 2.98. The second kappa shape index (κ2) is 18.3. The Hall–Kier alpha value is -3.43. The van der Waals surface area contributed by atoms with E-state index in [9.17, 15) is 29.1 Å². The number of fused-ring (bicyclic) bond motifs is 3. The number of aliphatic carboxylic acids is 1. The summed E-state index contributed by atoms with van der Waals surface area (Å²) in [6.07, 6.45) is 6.61. The average molecular weight is 771 g/mol. The first-order chi connectivity index (χ1) is 25.2. The lowest BCUT2D eigenvalue weighted by Gasteiger charge is -2.45. The number of hydrogen-bond donors (Lipinski definition) is 2. The van der Waals surface area contributed by atoms with Gasteiger partial charge in [-0.2, -0.15) is 11.8 Å². The van der Waals surface area contributed by atoms with Crippen LogP contribution in [0.4, 0.5) is 0 Å². The summed E-state index contributed by atoms with van der Waals surface area (Å²) < 4.78 is 5.80. The average Bonchev–Trinajstić information content (AvgIpc) is 3.60. The van der Waals surface area contributed by atoms with E-state index < -0.39 is 41.8 Å². The highest BCUT2D eigenvalue weighted by Gasteiger charge is 2.43. The van der Waals surface area contributed by atoms with Crippen molar-refractivity contribution >= 4 is 52.6 Å². The predicted octanol–water partition coefficient (Wildman–Crippen LogP) is 4.59. The fourth-order valence-electron chi connectivity index (χ4n) is 7.78. The molecule has 2 aromatic rings. The number of nitrogens with one attached hydrogen (secondary N) is 1. The van der Waals surface area contributed by atoms with Crippen molar-refractivity contribution in [3.05, 3.63) is 39.9 Å². The van der Waals surface area contributed by atoms with Gasteiger partial charge in [-0.25, -0.2) is 15.0 Å². The second-order valence-electron chi connectivity index (χ2n) is 15.5. The third-order valence-electron chi connectivity index (χ3n) is 11.1. The molecule has 4 aliphatic rings. The summed E-state index contributed by atoms with van der Waals surface area (Å²) in [6.45, 7) is 10.7. The van der Waals surface area contributed by atoms with Crippen molar-refractivity contribution < 1.29 is 33.8 Å². The third-order valence-corrected chi connectivity index (χ3v) is 13.3. The van der Waals surface area contributed by atoms with Crippen LogP contribution < -0.4 is 5.32 Å². The molecule has 0 saturated carbocycles. The molecular weight excluding hydrogens is 717 g/mol. The summed E-state index contributed by atoms with van der Waals surface area (Å²) in [4.78, 5) is 82.9. The standard InChI is InChI=1S/C38H54N6O7S2/c1-21(2)30(43(6)37(48)28(26-18-52-19-26)14-32(46)31-12-25-7-9-44(31)10-8-25)15-33(51-24(5)45)36-42-29(20-53-36)35(47)41-27(11-23(4)38(49)50)13-34-39-16-22(3)17-40-34/h16-17,20-21,23,25-28,30-31,33H,7-15,18-19H2,1-6H3,(H,41,47)(H,49,50)/t23-,27+,28-,30+,31+,33+/m0/s1. The summed E-state index contributed by atoms with van der Waals surface area (Å²) in [5.74, 6) is -0.0710. The highest BCUT2D eigenvalue weighted by molar-refractivity contribution is 8.00. The van der Waals surface area contributed by atoms with Gasteiger partial charge in [0, 0.05) is 69.0 Å². The van der Waals surface area contributed by atoms with E-state index in [2.05, 4.69) is 25.2 Å². The maximum Gasteiger partial charge on any atom is 0.306 e. The number of esters is 1. The van der Waals surface area contributed by atoms with Crippen LogP contribution in [-0.4, -0.2) is 109 Å². The summed E-state index contributed by atoms with van der Waals surface area (Å²) in [5, 5.41) is 14.5. The fraction of sp³-hybridized carbons (Fsp3) is 0.684. The first-order valence-corrected chi connectivity index (χ1v) is 20.8. The first kappa shape index (κ1) is 40.7. The Morgan fingerprint density at radius 2 is 1.75 bits per heavy atom. The number of thiazole rings is 1. The minimum atomic E-state index is -0.976. The lowest BCUT2D eigenvalue weighted by Crippen LogP contribution is -2.54. The molecular formula is C38H54N6O7S2. The van der Waals surface area contributed by atoms with Gasteiger partial charge in [-0.05, 0) is 80.5 Å². The lowest BCUT2D eigenvalue weighted by molar-refractivity contribution is -0.149. The van der Waals surface area contributed by atoms with Crippen molar-refractivity contribution in [2.45, 2.75) is 104 Å². The van der Waals surface area contributed by atoms with Crippen molar-refractivity contribution in [1.82, 2.24) is 30.1 Å². The van der Waals surface area contributed by atoms with E-state index >= 15 is 0 Å². The third kappa shape index (κ3) is 10.6. The molecule has 15 heteroatoms. The fourth-order valence-corrected chi connectivity index (χ4v) is 9.59. The number of nitrogens with zero attached hydrogens (tertiary/aromatic N) is 5. The number of carboxylic acid groups (broad SMARTS) is 1. The van der Waals surface area contributed by atoms with Gasteiger partial charge in [0.15, 0.2) is 11.9 Å². The van der Waals surface area contributed by atoms with Crippen molar-refractivity contribution in [2.24, 2.45) is 29.6 Å². The lowest BCUT2D eigenvalue weighted by atomic mass is 9.78. The van der Waals surface area contributed by atoms with E-state index in [1.54, 1.807) is 48.4 Å². The zero-order valence-corrected chi connectivity index (χ0v) is 33.3. The quantitative estimate of drug-likeness (QED) is 0.202. The minimum absolute atomic E-state index is 0.0157. The number of aromatic nitrogens is 3. The maximum absolute atomic E-state index is 14.3. The van der Waals surface area contributed by atoms with E-state index in [0.717, 1.165) is 49.4 Å². The number of ketones is 1. The highest BCUT2D eigenvalue weighted by Crippen LogP contribution is 2.39. The zero-order chi connectivity index (χ0) is 38.4. The molecule has 2 amide bonds. The van der Waals surface area contributed by atoms with Gasteiger partial charge >= 0.3 is 11.9 Å². The number of ether oxygens (including phenoxy) is 1. The van der Waals surface area contributed by atoms with E-state index in [1.165, 1.54) is 18.3 Å². The highest BCUT2D eigenvalue weighted by atomic mass is 32.2. The van der Waals surface area contributed by atoms with E-state index in [0.29, 0.717) is 16.7 Å². The van der Waals surface area contributed by atoms with Gasteiger partial charge < -0.3 is 20.1 Å². The monoisotopic (exact) mass is 770 g/mol. The van der Waals surface area contributed by atoms with Crippen LogP contribution in [0.15, 0.2) is 17.8 Å². The number of carbonyl (C=O) groups excluding carboxylic acids is 4. The molecule has 13 nitrogen and oxygen atoms in total. The number of carbonyl (C=O) groups is 5. The molecule has 2 N–H and O–H groups in total. The van der Waals surface area contributed by atoms with E-state index in [4.69, 9.17) is 4.74 Å². The number of carboxylic acids is 1. The molecule has 290 valence electrons. The molecule has 6 atom stereocenters. The number of Topliss-reactive ketones (excluding diaryl/α,β-unsaturated/α-hetero) is 1. The van der Waals surface area contributed by atoms with Crippen LogP contribution in [0.2, 0.25) is 0 Å². The number of piperidine rings is 3. The predicted molar refractivity (Wildman–Crippen MR) is 202 cm³/mol. The minimum Gasteiger partial charge on any atom is -0.481 e. The normalized spacial score (nSPS) is 22.6. The molecule has 4 saturated heterocycles. The van der Waals surface area contributed by atoms with Gasteiger partial charge in [0.05, 0.1) is 12.0 Å². The molecule has 0 spiro atoms. The number of hydrogen-bond acceptors (Lipinski definition) is 12. The summed E-state index contributed by atoms with van der Waals surface area (Å²) in [5.41, 5.74) is 0.992. The van der Waals surface area contributed by atoms with Gasteiger partial charge in [0.1, 0.15) is 16.5 Å². The molecule has 2 aromatic heterocycles. The van der Waals surface area contributed by atoms with Crippen molar-refractivity contribution in [3.8, 4) is 0 Å². The second-order valence-corrected chi connectivity index (χ2v) is 17.5. The van der Waals surface area contributed by atoms with Crippen LogP contribution in [-0.2, 0) is 30.3 Å². The van der Waals surface area contributed by atoms with Crippen molar-refractivity contribution in [2.75, 3.05) is 31.6 Å². The summed E-state index contributed by atoms with van der Waals surface area (Å²) in [6, 6.07) is -1.01. The molecule has 4 fully saturated rings. The SMILES string of the molecule is CC(=O)O[C@H](C[C@H](C(C)C)N(C)C(=O)[C@@H](CC(=O)[C@H]1CC2CCN1CC2)C1CSC1)c1nc(C(=O)N[C@@H](Cc2ncc(C)cn2)C[C@H](C)C(=O)O)cs1. The topological polar surface area (TPSA) is 172 Å². The Bertz CT molecular complexity index is 1610. The van der Waals surface area contributed by atoms with Crippen LogP contribution in [0.1, 0.15) is 99.2 Å². The van der Waals surface area contributed by atoms with Crippen LogP contribution >= 0.6 is 23.1 Å². The summed E-state index contributed by atoms with van der Waals surface area (Å²) in [7, 11) is 1.78. The first-order valence-electron chi connectivity index (χ1n) is 18.7. The van der Waals surface area contributed by atoms with Gasteiger partial charge in [0.25, 0.3) is 5.91 Å². The van der Waals surface area contributed by atoms with Crippen LogP contribution in [0.25, 0.3) is 0 Å². The molecule has 6 rings (SSSR count). The number of rotatable bonds is 18. The van der Waals surface area contributed by atoms with Crippen LogP contribution in [0.5, 0.6) is 0 Å². The van der Waals surface area contributed by atoms with Crippen molar-refractivity contribution in [3.63, 3.8) is 0 Å². The van der Waals surface area contributed by atoms with Gasteiger partial charge in [0.2, 0.25) is 5.91 Å². The van der Waals surface area contributed by atoms with Crippen LogP contribution in [0.3, 0.4) is 0 Å². The van der Waals surface area contributed by atoms with Crippen molar-refractivity contribution in [1.29, 1.82) is 0 Å². The number of aryl methyl sites for hydroxylation is 1. The molecule has 0 unspecified atom stereocenters. The Balaban J connectivity index is 1.29.